The van der Waals surface area contributed by atoms with Crippen molar-refractivity contribution in [3.8, 4) is 17.1 Å². The summed E-state index contributed by atoms with van der Waals surface area (Å²) in [4.78, 5) is 29.1. The van der Waals surface area contributed by atoms with E-state index < -0.39 is 34.0 Å². The number of pyridine rings is 1. The molecule has 0 spiro atoms. The van der Waals surface area contributed by atoms with E-state index in [1.807, 2.05) is 6.92 Å². The van der Waals surface area contributed by atoms with Crippen molar-refractivity contribution in [1.82, 2.24) is 4.98 Å². The molecule has 0 aromatic carbocycles. The zero-order valence-electron chi connectivity index (χ0n) is 21.4. The number of hydrogen-bond acceptors (Lipinski definition) is 7. The molecule has 0 radical (unpaired) electrons. The minimum Gasteiger partial charge on any atom is -0.485 e. The Labute approximate surface area is 216 Å². The summed E-state index contributed by atoms with van der Waals surface area (Å²) in [5.41, 5.74) is -1.50. The first kappa shape index (κ1) is 25.3. The molecule has 0 bridgehead atoms. The van der Waals surface area contributed by atoms with Gasteiger partial charge in [-0.3, -0.25) is 9.78 Å². The molecular weight excluding hydrogens is 482 g/mol. The smallest absolute Gasteiger partial charge is 0.345 e. The van der Waals surface area contributed by atoms with E-state index >= 15 is 0 Å². The highest BCUT2D eigenvalue weighted by molar-refractivity contribution is 6.21. The predicted molar refractivity (Wildman–Crippen MR) is 135 cm³/mol. The molecule has 0 saturated heterocycles. The quantitative estimate of drug-likeness (QED) is 0.446. The summed E-state index contributed by atoms with van der Waals surface area (Å²) in [6.07, 6.45) is 4.53. The van der Waals surface area contributed by atoms with Crippen LogP contribution in [0.4, 0.5) is 0 Å². The Balaban J connectivity index is 1.61. The first-order valence-corrected chi connectivity index (χ1v) is 13.1. The van der Waals surface area contributed by atoms with Gasteiger partial charge in [0.2, 0.25) is 0 Å². The number of carbonyl (C=O) groups is 1. The number of ether oxygens (including phenoxy) is 2. The number of rotatable bonds is 3. The normalized spacial score (nSPS) is 39.2. The lowest BCUT2D eigenvalue weighted by Crippen LogP contribution is -2.68. The maximum absolute atomic E-state index is 13.2. The summed E-state index contributed by atoms with van der Waals surface area (Å²) in [6.45, 7) is 10.2. The Hall–Kier alpha value is -2.38. The Bertz CT molecular complexity index is 1230. The van der Waals surface area contributed by atoms with Gasteiger partial charge in [-0.2, -0.15) is 0 Å². The molecule has 3 aliphatic rings. The van der Waals surface area contributed by atoms with Gasteiger partial charge in [-0.25, -0.2) is 4.79 Å². The number of aliphatic hydroxyl groups is 1. The molecule has 2 aromatic heterocycles. The second-order valence-corrected chi connectivity index (χ2v) is 12.1. The van der Waals surface area contributed by atoms with E-state index in [-0.39, 0.29) is 22.9 Å². The van der Waals surface area contributed by atoms with Crippen molar-refractivity contribution in [2.75, 3.05) is 6.61 Å². The Morgan fingerprint density at radius 1 is 1.33 bits per heavy atom. The lowest BCUT2D eigenvalue weighted by molar-refractivity contribution is -0.221. The highest BCUT2D eigenvalue weighted by atomic mass is 35.5. The maximum Gasteiger partial charge on any atom is 0.345 e. The van der Waals surface area contributed by atoms with Crippen LogP contribution in [0.25, 0.3) is 11.3 Å². The van der Waals surface area contributed by atoms with Crippen molar-refractivity contribution in [2.24, 2.45) is 28.6 Å². The number of fused-ring (bicyclic) bond motifs is 4. The molecule has 3 heterocycles. The van der Waals surface area contributed by atoms with Crippen LogP contribution in [0.1, 0.15) is 65.5 Å². The number of nitrogens with zero attached hydrogens (tertiary/aromatic N) is 1. The number of alkyl halides is 1. The zero-order valence-corrected chi connectivity index (χ0v) is 22.2. The molecule has 2 fully saturated rings. The lowest BCUT2D eigenvalue weighted by Gasteiger charge is -2.66. The van der Waals surface area contributed by atoms with E-state index in [1.165, 1.54) is 6.92 Å². The fourth-order valence-corrected chi connectivity index (χ4v) is 7.88. The topological polar surface area (TPSA) is 98.9 Å². The monoisotopic (exact) mass is 515 g/mol. The van der Waals surface area contributed by atoms with Crippen LogP contribution in [-0.2, 0) is 9.53 Å². The van der Waals surface area contributed by atoms with Crippen molar-refractivity contribution < 1.29 is 23.8 Å². The number of esters is 1. The molecule has 7 nitrogen and oxygen atoms in total. The highest BCUT2D eigenvalue weighted by Crippen LogP contribution is 2.68. The molecule has 2 aliphatic carbocycles. The van der Waals surface area contributed by atoms with E-state index in [1.54, 1.807) is 30.6 Å². The first-order chi connectivity index (χ1) is 16.9. The zero-order chi connectivity index (χ0) is 26.0. The van der Waals surface area contributed by atoms with Crippen LogP contribution in [-0.4, -0.2) is 33.6 Å². The van der Waals surface area contributed by atoms with Gasteiger partial charge in [-0.1, -0.05) is 20.8 Å². The molecule has 2 saturated carbocycles. The lowest BCUT2D eigenvalue weighted by atomic mass is 9.42. The second-order valence-electron chi connectivity index (χ2n) is 11.6. The fraction of sp³-hybridized carbons (Fsp3) is 0.607. The van der Waals surface area contributed by atoms with Gasteiger partial charge in [0, 0.05) is 42.3 Å². The van der Waals surface area contributed by atoms with Gasteiger partial charge in [0.25, 0.3) is 0 Å². The third-order valence-corrected chi connectivity index (χ3v) is 10.3. The van der Waals surface area contributed by atoms with E-state index in [2.05, 4.69) is 25.8 Å². The molecule has 0 amide bonds. The van der Waals surface area contributed by atoms with E-state index in [0.717, 1.165) is 12.8 Å². The SMILES string of the molecule is CC(=O)OCC1(C)C2C[C@@H](Cl)[C@@]3(C)Oc4cc(-c5cccnc5)oc(=O)c4[C@H](O)C3[C@@]2(C)CC[C@@H]1C. The minimum absolute atomic E-state index is 0.0511. The fourth-order valence-electron chi connectivity index (χ4n) is 7.52. The van der Waals surface area contributed by atoms with E-state index in [9.17, 15) is 14.7 Å². The third kappa shape index (κ3) is 3.61. The summed E-state index contributed by atoms with van der Waals surface area (Å²) in [6, 6.07) is 5.21. The van der Waals surface area contributed by atoms with Crippen LogP contribution in [0.15, 0.2) is 39.8 Å². The highest BCUT2D eigenvalue weighted by Gasteiger charge is 2.68. The van der Waals surface area contributed by atoms with Crippen LogP contribution in [0.2, 0.25) is 0 Å². The number of aliphatic hydroxyl groups excluding tert-OH is 1. The van der Waals surface area contributed by atoms with Crippen LogP contribution < -0.4 is 10.4 Å². The second kappa shape index (κ2) is 8.59. The molecular formula is C28H34ClNO6. The Morgan fingerprint density at radius 3 is 2.75 bits per heavy atom. The van der Waals surface area contributed by atoms with Gasteiger partial charge in [-0.15, -0.1) is 11.6 Å². The molecule has 194 valence electrons. The van der Waals surface area contributed by atoms with E-state index in [4.69, 9.17) is 25.5 Å². The largest absolute Gasteiger partial charge is 0.485 e. The molecule has 5 rings (SSSR count). The minimum atomic E-state index is -1.11. The summed E-state index contributed by atoms with van der Waals surface area (Å²) in [5, 5.41) is 11.4. The number of hydrogen-bond donors (Lipinski definition) is 1. The standard InChI is InChI=1S/C28H34ClNO6/c1-15-8-9-26(3)20(27(15,4)14-34-16(2)31)12-21(29)28(5)24(26)23(32)22-19(36-28)11-18(35-25(22)33)17-7-6-10-30-13-17/h6-7,10-11,13,15,20-21,23-24,32H,8-9,12,14H2,1-5H3/t15-,20?,21+,23-,24?,26-,27?,28+/m0/s1. The Kier molecular flexibility index (Phi) is 6.03. The molecule has 2 aromatic rings. The van der Waals surface area contributed by atoms with Crippen LogP contribution in [0, 0.1) is 28.6 Å². The van der Waals surface area contributed by atoms with Crippen molar-refractivity contribution >= 4 is 17.6 Å². The van der Waals surface area contributed by atoms with Gasteiger partial charge < -0.3 is 19.0 Å². The van der Waals surface area contributed by atoms with Crippen LogP contribution in [0.5, 0.6) is 5.75 Å². The van der Waals surface area contributed by atoms with Gasteiger partial charge in [-0.05, 0) is 55.6 Å². The molecule has 3 unspecified atom stereocenters. The van der Waals surface area contributed by atoms with Crippen molar-refractivity contribution in [1.29, 1.82) is 0 Å². The van der Waals surface area contributed by atoms with Gasteiger partial charge in [0.1, 0.15) is 22.7 Å². The average Bonchev–Trinajstić information content (AvgIpc) is 2.82. The molecule has 8 atom stereocenters. The average molecular weight is 516 g/mol. The maximum atomic E-state index is 13.2. The number of halogens is 1. The number of aromatic nitrogens is 1. The van der Waals surface area contributed by atoms with Crippen molar-refractivity contribution in [3.63, 3.8) is 0 Å². The molecule has 1 aliphatic heterocycles. The van der Waals surface area contributed by atoms with Crippen LogP contribution >= 0.6 is 11.6 Å². The van der Waals surface area contributed by atoms with Crippen LogP contribution in [0.3, 0.4) is 0 Å². The summed E-state index contributed by atoms with van der Waals surface area (Å²) in [7, 11) is 0. The van der Waals surface area contributed by atoms with Crippen molar-refractivity contribution in [2.45, 2.75) is 71.0 Å². The summed E-state index contributed by atoms with van der Waals surface area (Å²) < 4.78 is 17.8. The Morgan fingerprint density at radius 2 is 2.08 bits per heavy atom. The van der Waals surface area contributed by atoms with Crippen molar-refractivity contribution in [3.05, 3.63) is 46.6 Å². The molecule has 1 N–H and O–H groups in total. The predicted octanol–water partition coefficient (Wildman–Crippen LogP) is 5.14. The van der Waals surface area contributed by atoms with E-state index in [0.29, 0.717) is 36.0 Å². The number of carbonyl (C=O) groups excluding carboxylic acids is 1. The van der Waals surface area contributed by atoms with Gasteiger partial charge in [0.15, 0.2) is 0 Å². The molecule has 8 heteroatoms. The third-order valence-electron chi connectivity index (χ3n) is 9.65. The van der Waals surface area contributed by atoms with Gasteiger partial charge >= 0.3 is 11.6 Å². The summed E-state index contributed by atoms with van der Waals surface area (Å²) >= 11 is 7.12. The summed E-state index contributed by atoms with van der Waals surface area (Å²) in [5.74, 6) is 0.216. The first-order valence-electron chi connectivity index (χ1n) is 12.6. The van der Waals surface area contributed by atoms with Gasteiger partial charge in [0.05, 0.1) is 18.1 Å². The molecule has 36 heavy (non-hydrogen) atoms.